The Labute approximate surface area is 198 Å². The minimum absolute atomic E-state index is 0.0153. The number of carbonyl (C=O) groups excluding carboxylic acids is 5. The van der Waals surface area contributed by atoms with Crippen LogP contribution in [-0.4, -0.2) is 58.3 Å². The minimum atomic E-state index is -0.430. The van der Waals surface area contributed by atoms with Gasteiger partial charge in [0.2, 0.25) is 5.91 Å². The zero-order valence-electron chi connectivity index (χ0n) is 17.2. The molecule has 1 saturated heterocycles. The Morgan fingerprint density at radius 2 is 1.52 bits per heavy atom. The van der Waals surface area contributed by atoms with Crippen LogP contribution in [0.15, 0.2) is 53.4 Å². The molecule has 0 radical (unpaired) electrons. The third-order valence-electron chi connectivity index (χ3n) is 5.14. The van der Waals surface area contributed by atoms with Gasteiger partial charge in [0.15, 0.2) is 0 Å². The van der Waals surface area contributed by atoms with E-state index in [1.807, 2.05) is 0 Å². The lowest BCUT2D eigenvalue weighted by atomic mass is 10.1. The molecule has 5 amide bonds. The van der Waals surface area contributed by atoms with Gasteiger partial charge in [0.25, 0.3) is 23.0 Å². The molecule has 1 fully saturated rings. The molecule has 8 nitrogen and oxygen atoms in total. The first kappa shape index (κ1) is 22.8. The standard InChI is InChI=1S/C23H18ClN3O5S/c24-15-7-5-14(6-8-15)13-18-22(31)27(23(32)33-18)12-10-25-19(28)9-11-26-20(29)16-3-1-2-4-17(16)21(26)30/h1-8,13H,9-12H2,(H,25,28)/b18-13-. The van der Waals surface area contributed by atoms with Gasteiger partial charge in [0, 0.05) is 31.1 Å². The highest BCUT2D eigenvalue weighted by Crippen LogP contribution is 2.32. The first-order valence-electron chi connectivity index (χ1n) is 10.1. The molecule has 0 saturated carbocycles. The van der Waals surface area contributed by atoms with Crippen molar-refractivity contribution in [3.63, 3.8) is 0 Å². The van der Waals surface area contributed by atoms with Gasteiger partial charge in [-0.15, -0.1) is 0 Å². The first-order valence-corrected chi connectivity index (χ1v) is 11.3. The second-order valence-corrected chi connectivity index (χ2v) is 8.72. The Hall–Kier alpha value is -3.43. The van der Waals surface area contributed by atoms with Crippen molar-refractivity contribution in [3.8, 4) is 0 Å². The van der Waals surface area contributed by atoms with Gasteiger partial charge in [-0.2, -0.15) is 0 Å². The highest BCUT2D eigenvalue weighted by atomic mass is 35.5. The van der Waals surface area contributed by atoms with Crippen LogP contribution in [0.1, 0.15) is 32.7 Å². The summed E-state index contributed by atoms with van der Waals surface area (Å²) in [6, 6.07) is 13.4. The maximum absolute atomic E-state index is 12.5. The van der Waals surface area contributed by atoms with Gasteiger partial charge in [-0.3, -0.25) is 33.8 Å². The van der Waals surface area contributed by atoms with Crippen LogP contribution in [0.4, 0.5) is 4.79 Å². The fraction of sp³-hybridized carbons (Fsp3) is 0.174. The van der Waals surface area contributed by atoms with E-state index in [2.05, 4.69) is 5.32 Å². The van der Waals surface area contributed by atoms with Crippen molar-refractivity contribution >= 4 is 58.3 Å². The van der Waals surface area contributed by atoms with Crippen LogP contribution in [0.2, 0.25) is 5.02 Å². The summed E-state index contributed by atoms with van der Waals surface area (Å²) in [5.41, 5.74) is 1.40. The molecule has 2 aromatic carbocycles. The second kappa shape index (κ2) is 9.60. The van der Waals surface area contributed by atoms with Crippen molar-refractivity contribution in [1.29, 1.82) is 0 Å². The summed E-state index contributed by atoms with van der Waals surface area (Å²) in [6.07, 6.45) is 1.53. The zero-order chi connectivity index (χ0) is 23.5. The predicted molar refractivity (Wildman–Crippen MR) is 124 cm³/mol. The summed E-state index contributed by atoms with van der Waals surface area (Å²) in [5, 5.41) is 2.77. The minimum Gasteiger partial charge on any atom is -0.354 e. The normalized spacial score (nSPS) is 16.7. The number of halogens is 1. The SMILES string of the molecule is O=C(CCN1C(=O)c2ccccc2C1=O)NCCN1C(=O)S/C(=C\c2ccc(Cl)cc2)C1=O. The fourth-order valence-corrected chi connectivity index (χ4v) is 4.45. The summed E-state index contributed by atoms with van der Waals surface area (Å²) >= 11 is 6.69. The number of benzene rings is 2. The monoisotopic (exact) mass is 483 g/mol. The summed E-state index contributed by atoms with van der Waals surface area (Å²) in [5.74, 6) is -1.67. The second-order valence-electron chi connectivity index (χ2n) is 7.29. The van der Waals surface area contributed by atoms with Gasteiger partial charge in [0.1, 0.15) is 0 Å². The lowest BCUT2D eigenvalue weighted by molar-refractivity contribution is -0.124. The maximum Gasteiger partial charge on any atom is 0.293 e. The van der Waals surface area contributed by atoms with Crippen LogP contribution in [0, 0.1) is 0 Å². The van der Waals surface area contributed by atoms with Gasteiger partial charge >= 0.3 is 0 Å². The molecule has 0 spiro atoms. The van der Waals surface area contributed by atoms with Gasteiger partial charge < -0.3 is 5.32 Å². The number of rotatable bonds is 7. The smallest absolute Gasteiger partial charge is 0.293 e. The molecule has 2 heterocycles. The third kappa shape index (κ3) is 4.84. The molecular weight excluding hydrogens is 466 g/mol. The highest BCUT2D eigenvalue weighted by Gasteiger charge is 2.36. The quantitative estimate of drug-likeness (QED) is 0.479. The van der Waals surface area contributed by atoms with Gasteiger partial charge in [-0.25, -0.2) is 0 Å². The van der Waals surface area contributed by atoms with E-state index in [0.29, 0.717) is 21.1 Å². The number of nitrogens with zero attached hydrogens (tertiary/aromatic N) is 2. The number of carbonyl (C=O) groups is 5. The molecular formula is C23H18ClN3O5S. The molecule has 2 aliphatic heterocycles. The van der Waals surface area contributed by atoms with Crippen LogP contribution in [0.25, 0.3) is 6.08 Å². The number of hydrogen-bond donors (Lipinski definition) is 1. The summed E-state index contributed by atoms with van der Waals surface area (Å²) in [7, 11) is 0. The van der Waals surface area contributed by atoms with E-state index in [-0.39, 0.29) is 26.1 Å². The van der Waals surface area contributed by atoms with Crippen molar-refractivity contribution < 1.29 is 24.0 Å². The number of nitrogens with one attached hydrogen (secondary N) is 1. The molecule has 0 aromatic heterocycles. The van der Waals surface area contributed by atoms with Crippen molar-refractivity contribution in [2.24, 2.45) is 0 Å². The summed E-state index contributed by atoms with van der Waals surface area (Å²) in [6.45, 7) is 0.0260. The molecule has 0 aliphatic carbocycles. The topological polar surface area (TPSA) is 104 Å². The van der Waals surface area contributed by atoms with Crippen molar-refractivity contribution in [1.82, 2.24) is 15.1 Å². The number of thioether (sulfide) groups is 1. The number of amides is 5. The lowest BCUT2D eigenvalue weighted by Crippen LogP contribution is -2.39. The Balaban J connectivity index is 1.25. The Morgan fingerprint density at radius 3 is 2.15 bits per heavy atom. The molecule has 0 atom stereocenters. The van der Waals surface area contributed by atoms with Gasteiger partial charge in [-0.1, -0.05) is 35.9 Å². The molecule has 10 heteroatoms. The zero-order valence-corrected chi connectivity index (χ0v) is 18.8. The van der Waals surface area contributed by atoms with Crippen molar-refractivity contribution in [2.75, 3.05) is 19.6 Å². The van der Waals surface area contributed by atoms with E-state index in [1.165, 1.54) is 0 Å². The Morgan fingerprint density at radius 1 is 0.879 bits per heavy atom. The van der Waals surface area contributed by atoms with Crippen molar-refractivity contribution in [2.45, 2.75) is 6.42 Å². The largest absolute Gasteiger partial charge is 0.354 e. The molecule has 2 aliphatic rings. The fourth-order valence-electron chi connectivity index (χ4n) is 3.45. The molecule has 2 aromatic rings. The third-order valence-corrected chi connectivity index (χ3v) is 6.30. The average Bonchev–Trinajstić information content (AvgIpc) is 3.21. The van der Waals surface area contributed by atoms with Gasteiger partial charge in [-0.05, 0) is 47.7 Å². The highest BCUT2D eigenvalue weighted by molar-refractivity contribution is 8.18. The lowest BCUT2D eigenvalue weighted by Gasteiger charge is -2.15. The van der Waals surface area contributed by atoms with Crippen LogP contribution < -0.4 is 5.32 Å². The van der Waals surface area contributed by atoms with E-state index < -0.39 is 28.9 Å². The molecule has 0 bridgehead atoms. The summed E-state index contributed by atoms with van der Waals surface area (Å²) < 4.78 is 0. The predicted octanol–water partition coefficient (Wildman–Crippen LogP) is 3.18. The van der Waals surface area contributed by atoms with E-state index >= 15 is 0 Å². The molecule has 168 valence electrons. The Bertz CT molecular complexity index is 1160. The molecule has 0 unspecified atom stereocenters. The number of imide groups is 2. The first-order chi connectivity index (χ1) is 15.8. The van der Waals surface area contributed by atoms with Gasteiger partial charge in [0.05, 0.1) is 16.0 Å². The van der Waals surface area contributed by atoms with E-state index in [0.717, 1.165) is 27.1 Å². The van der Waals surface area contributed by atoms with Crippen molar-refractivity contribution in [3.05, 3.63) is 75.1 Å². The molecule has 4 rings (SSSR count). The number of fused-ring (bicyclic) bond motifs is 1. The van der Waals surface area contributed by atoms with Crippen LogP contribution >= 0.6 is 23.4 Å². The number of hydrogen-bond acceptors (Lipinski definition) is 6. The molecule has 33 heavy (non-hydrogen) atoms. The van der Waals surface area contributed by atoms with E-state index in [4.69, 9.17) is 11.6 Å². The average molecular weight is 484 g/mol. The summed E-state index contributed by atoms with van der Waals surface area (Å²) in [4.78, 5) is 64.0. The van der Waals surface area contributed by atoms with Crippen LogP contribution in [-0.2, 0) is 9.59 Å². The van der Waals surface area contributed by atoms with E-state index in [1.54, 1.807) is 54.6 Å². The van der Waals surface area contributed by atoms with Crippen LogP contribution in [0.5, 0.6) is 0 Å². The molecule has 1 N–H and O–H groups in total. The van der Waals surface area contributed by atoms with E-state index in [9.17, 15) is 24.0 Å². The van der Waals surface area contributed by atoms with Crippen LogP contribution in [0.3, 0.4) is 0 Å². The maximum atomic E-state index is 12.5. The Kier molecular flexibility index (Phi) is 6.62.